The Kier molecular flexibility index (Phi) is 3.25. The molecule has 2 N–H and O–H groups in total. The molecule has 72 valence electrons. The monoisotopic (exact) mass is 195 g/mol. The van der Waals surface area contributed by atoms with Gasteiger partial charge in [-0.15, -0.1) is 0 Å². The van der Waals surface area contributed by atoms with E-state index in [2.05, 4.69) is 11.4 Å². The lowest BCUT2D eigenvalue weighted by atomic mass is 10.2. The largest absolute Gasteiger partial charge is 0.428 e. The molecule has 1 aromatic rings. The second-order valence-electron chi connectivity index (χ2n) is 3.75. The van der Waals surface area contributed by atoms with Gasteiger partial charge < -0.3 is 10.1 Å². The Morgan fingerprint density at radius 3 is 2.46 bits per heavy atom. The minimum atomic E-state index is -2.16. The van der Waals surface area contributed by atoms with E-state index in [9.17, 15) is 4.80 Å². The molecule has 0 saturated heterocycles. The van der Waals surface area contributed by atoms with Crippen LogP contribution in [0.25, 0.3) is 0 Å². The van der Waals surface area contributed by atoms with Crippen LogP contribution in [0.2, 0.25) is 13.1 Å². The Bertz CT molecular complexity index is 280. The molecule has 1 aromatic carbocycles. The number of benzene rings is 1. The van der Waals surface area contributed by atoms with Gasteiger partial charge in [0, 0.05) is 6.54 Å². The third-order valence-corrected chi connectivity index (χ3v) is 3.85. The molecule has 0 unspecified atom stereocenters. The average molecular weight is 195 g/mol. The standard InChI is InChI=1S/C10H17NOSi/c1-11-8-9-6-4-5-7-10(9)13(2,3)12/h4-7,11-12H,8H2,1-3H3. The first-order valence-corrected chi connectivity index (χ1v) is 7.46. The van der Waals surface area contributed by atoms with Crippen LogP contribution < -0.4 is 10.5 Å². The number of rotatable bonds is 3. The van der Waals surface area contributed by atoms with Gasteiger partial charge in [0.15, 0.2) is 0 Å². The molecule has 13 heavy (non-hydrogen) atoms. The van der Waals surface area contributed by atoms with Crippen molar-refractivity contribution in [1.82, 2.24) is 5.32 Å². The Labute approximate surface area is 80.7 Å². The predicted molar refractivity (Wildman–Crippen MR) is 58.5 cm³/mol. The number of nitrogens with one attached hydrogen (secondary N) is 1. The third kappa shape index (κ3) is 2.65. The zero-order valence-electron chi connectivity index (χ0n) is 8.46. The van der Waals surface area contributed by atoms with Gasteiger partial charge in [-0.25, -0.2) is 0 Å². The molecule has 3 heteroatoms. The second-order valence-corrected chi connectivity index (χ2v) is 7.40. The summed E-state index contributed by atoms with van der Waals surface area (Å²) in [7, 11) is -0.236. The van der Waals surface area contributed by atoms with Crippen LogP contribution in [0.5, 0.6) is 0 Å². The van der Waals surface area contributed by atoms with Crippen LogP contribution in [0.1, 0.15) is 5.56 Å². The van der Waals surface area contributed by atoms with Crippen molar-refractivity contribution in [2.75, 3.05) is 7.05 Å². The highest BCUT2D eigenvalue weighted by molar-refractivity contribution is 6.83. The third-order valence-electron chi connectivity index (χ3n) is 2.04. The topological polar surface area (TPSA) is 32.3 Å². The molecule has 0 spiro atoms. The maximum Gasteiger partial charge on any atom is 0.214 e. The van der Waals surface area contributed by atoms with Crippen LogP contribution in [0.4, 0.5) is 0 Å². The zero-order valence-corrected chi connectivity index (χ0v) is 9.46. The highest BCUT2D eigenvalue weighted by atomic mass is 28.4. The lowest BCUT2D eigenvalue weighted by Crippen LogP contribution is -2.44. The fourth-order valence-electron chi connectivity index (χ4n) is 1.46. The minimum absolute atomic E-state index is 0.827. The van der Waals surface area contributed by atoms with Crippen molar-refractivity contribution in [2.45, 2.75) is 19.6 Å². The van der Waals surface area contributed by atoms with Crippen LogP contribution in [-0.4, -0.2) is 20.2 Å². The summed E-state index contributed by atoms with van der Waals surface area (Å²) in [6, 6.07) is 8.09. The molecular weight excluding hydrogens is 178 g/mol. The van der Waals surface area contributed by atoms with E-state index < -0.39 is 8.32 Å². The molecule has 0 bridgehead atoms. The molecular formula is C10H17NOSi. The van der Waals surface area contributed by atoms with Crippen molar-refractivity contribution in [1.29, 1.82) is 0 Å². The molecule has 1 rings (SSSR count). The van der Waals surface area contributed by atoms with Gasteiger partial charge in [-0.05, 0) is 30.9 Å². The Morgan fingerprint density at radius 2 is 1.92 bits per heavy atom. The van der Waals surface area contributed by atoms with E-state index in [1.54, 1.807) is 0 Å². The lowest BCUT2D eigenvalue weighted by Gasteiger charge is -2.18. The fourth-order valence-corrected chi connectivity index (χ4v) is 2.92. The van der Waals surface area contributed by atoms with Crippen molar-refractivity contribution < 1.29 is 4.80 Å². The molecule has 0 atom stereocenters. The quantitative estimate of drug-likeness (QED) is 0.700. The highest BCUT2D eigenvalue weighted by Crippen LogP contribution is 2.04. The van der Waals surface area contributed by atoms with Crippen molar-refractivity contribution in [3.63, 3.8) is 0 Å². The number of hydrogen-bond donors (Lipinski definition) is 2. The van der Waals surface area contributed by atoms with Crippen molar-refractivity contribution in [3.05, 3.63) is 29.8 Å². The summed E-state index contributed by atoms with van der Waals surface area (Å²) in [4.78, 5) is 10.0. The molecule has 0 aliphatic heterocycles. The second kappa shape index (κ2) is 4.04. The summed E-state index contributed by atoms with van der Waals surface area (Å²) in [5.41, 5.74) is 1.21. The van der Waals surface area contributed by atoms with E-state index in [1.165, 1.54) is 5.56 Å². The Balaban J connectivity index is 3.05. The van der Waals surface area contributed by atoms with Crippen LogP contribution in [0.3, 0.4) is 0 Å². The van der Waals surface area contributed by atoms with Crippen molar-refractivity contribution in [3.8, 4) is 0 Å². The summed E-state index contributed by atoms with van der Waals surface area (Å²) in [5, 5.41) is 4.24. The van der Waals surface area contributed by atoms with Crippen LogP contribution in [-0.2, 0) is 6.54 Å². The van der Waals surface area contributed by atoms with Gasteiger partial charge in [-0.3, -0.25) is 0 Å². The molecule has 0 radical (unpaired) electrons. The summed E-state index contributed by atoms with van der Waals surface area (Å²) in [6.45, 7) is 4.72. The summed E-state index contributed by atoms with van der Waals surface area (Å²) >= 11 is 0. The Hall–Kier alpha value is -0.643. The smallest absolute Gasteiger partial charge is 0.214 e. The first kappa shape index (κ1) is 10.4. The van der Waals surface area contributed by atoms with Gasteiger partial charge in [-0.1, -0.05) is 24.3 Å². The van der Waals surface area contributed by atoms with Gasteiger partial charge in [0.25, 0.3) is 0 Å². The molecule has 0 amide bonds. The van der Waals surface area contributed by atoms with Crippen LogP contribution in [0.15, 0.2) is 24.3 Å². The molecule has 2 nitrogen and oxygen atoms in total. The van der Waals surface area contributed by atoms with E-state index in [0.717, 1.165) is 11.7 Å². The van der Waals surface area contributed by atoms with Crippen LogP contribution in [0, 0.1) is 0 Å². The fraction of sp³-hybridized carbons (Fsp3) is 0.400. The van der Waals surface area contributed by atoms with Gasteiger partial charge in [0.1, 0.15) is 0 Å². The normalized spacial score (nSPS) is 11.7. The number of hydrogen-bond acceptors (Lipinski definition) is 2. The summed E-state index contributed by atoms with van der Waals surface area (Å²) in [5.74, 6) is 0. The summed E-state index contributed by atoms with van der Waals surface area (Å²) in [6.07, 6.45) is 0. The van der Waals surface area contributed by atoms with E-state index in [0.29, 0.717) is 0 Å². The van der Waals surface area contributed by atoms with Crippen molar-refractivity contribution in [2.24, 2.45) is 0 Å². The average Bonchev–Trinajstić information content (AvgIpc) is 2.04. The van der Waals surface area contributed by atoms with Gasteiger partial charge >= 0.3 is 0 Å². The van der Waals surface area contributed by atoms with Crippen LogP contribution >= 0.6 is 0 Å². The van der Waals surface area contributed by atoms with Gasteiger partial charge in [-0.2, -0.15) is 0 Å². The first-order chi connectivity index (χ1) is 6.05. The van der Waals surface area contributed by atoms with E-state index in [-0.39, 0.29) is 0 Å². The van der Waals surface area contributed by atoms with E-state index >= 15 is 0 Å². The van der Waals surface area contributed by atoms with Gasteiger partial charge in [0.2, 0.25) is 8.32 Å². The lowest BCUT2D eigenvalue weighted by molar-refractivity contribution is 0.567. The molecule has 0 fully saturated rings. The molecule has 0 aromatic heterocycles. The van der Waals surface area contributed by atoms with Crippen molar-refractivity contribution >= 4 is 13.5 Å². The first-order valence-electron chi connectivity index (χ1n) is 4.51. The maximum absolute atomic E-state index is 10.0. The summed E-state index contributed by atoms with van der Waals surface area (Å²) < 4.78 is 0. The van der Waals surface area contributed by atoms with Gasteiger partial charge in [0.05, 0.1) is 0 Å². The molecule has 0 aliphatic carbocycles. The maximum atomic E-state index is 10.0. The highest BCUT2D eigenvalue weighted by Gasteiger charge is 2.22. The SMILES string of the molecule is CNCc1ccccc1[Si](C)(C)O. The molecule has 0 saturated carbocycles. The Morgan fingerprint density at radius 1 is 1.31 bits per heavy atom. The van der Waals surface area contributed by atoms with E-state index in [1.807, 2.05) is 38.3 Å². The zero-order chi connectivity index (χ0) is 9.90. The molecule has 0 heterocycles. The van der Waals surface area contributed by atoms with E-state index in [4.69, 9.17) is 0 Å². The predicted octanol–water partition coefficient (Wildman–Crippen LogP) is 0.810. The minimum Gasteiger partial charge on any atom is -0.428 e. The molecule has 0 aliphatic rings.